The fourth-order valence-electron chi connectivity index (χ4n) is 2.74. The summed E-state index contributed by atoms with van der Waals surface area (Å²) >= 11 is 0. The zero-order chi connectivity index (χ0) is 25.6. The van der Waals surface area contributed by atoms with Crippen LogP contribution in [0.1, 0.15) is 52.9 Å². The Bertz CT molecular complexity index is 541. The van der Waals surface area contributed by atoms with E-state index in [2.05, 4.69) is 0 Å². The summed E-state index contributed by atoms with van der Waals surface area (Å²) in [6, 6.07) is 0. The minimum Gasteiger partial charge on any atom is -0.464 e. The van der Waals surface area contributed by atoms with Crippen LogP contribution in [-0.4, -0.2) is 106 Å². The van der Waals surface area contributed by atoms with Gasteiger partial charge in [0, 0.05) is 58.5 Å². The van der Waals surface area contributed by atoms with Gasteiger partial charge in [-0.15, -0.1) is 0 Å². The van der Waals surface area contributed by atoms with Gasteiger partial charge in [0.15, 0.2) is 0 Å². The first kappa shape index (κ1) is 31.7. The number of carbonyl (C=O) groups excluding carboxylic acids is 4. The highest BCUT2D eigenvalue weighted by Crippen LogP contribution is 1.99. The maximum absolute atomic E-state index is 12.3. The van der Waals surface area contributed by atoms with Gasteiger partial charge in [0.25, 0.3) is 0 Å². The van der Waals surface area contributed by atoms with E-state index in [4.69, 9.17) is 18.9 Å². The molecule has 0 aromatic carbocycles. The monoisotopic (exact) mass is 492 g/mol. The Morgan fingerprint density at radius 3 is 1.24 bits per heavy atom. The van der Waals surface area contributed by atoms with Gasteiger partial charge in [0.1, 0.15) is 26.4 Å². The number of esters is 4. The van der Waals surface area contributed by atoms with Crippen LogP contribution in [0.4, 0.5) is 4.39 Å². The van der Waals surface area contributed by atoms with Gasteiger partial charge in [-0.3, -0.25) is 33.4 Å². The van der Waals surface area contributed by atoms with Gasteiger partial charge in [-0.05, 0) is 6.42 Å². The maximum atomic E-state index is 12.3. The van der Waals surface area contributed by atoms with Crippen molar-refractivity contribution in [2.24, 2.45) is 0 Å². The summed E-state index contributed by atoms with van der Waals surface area (Å²) in [5.74, 6) is -1.45. The molecule has 34 heavy (non-hydrogen) atoms. The van der Waals surface area contributed by atoms with E-state index in [1.165, 1.54) is 0 Å². The minimum atomic E-state index is -0.768. The fourth-order valence-corrected chi connectivity index (χ4v) is 2.74. The predicted octanol–water partition coefficient (Wildman–Crippen LogP) is 1.74. The van der Waals surface area contributed by atoms with Crippen molar-refractivity contribution in [1.82, 2.24) is 9.80 Å². The minimum absolute atomic E-state index is 0.0866. The van der Waals surface area contributed by atoms with Gasteiger partial charge >= 0.3 is 23.9 Å². The van der Waals surface area contributed by atoms with E-state index >= 15 is 0 Å². The summed E-state index contributed by atoms with van der Waals surface area (Å²) in [4.78, 5) is 49.8. The lowest BCUT2D eigenvalue weighted by atomic mass is 10.3. The Kier molecular flexibility index (Phi) is 19.9. The molecular weight excluding hydrogens is 451 g/mol. The quantitative estimate of drug-likeness (QED) is 0.173. The zero-order valence-corrected chi connectivity index (χ0v) is 20.9. The third kappa shape index (κ3) is 18.2. The summed E-state index contributed by atoms with van der Waals surface area (Å²) in [5.41, 5.74) is 0. The van der Waals surface area contributed by atoms with Gasteiger partial charge in [0.05, 0.1) is 13.1 Å². The molecule has 0 fully saturated rings. The van der Waals surface area contributed by atoms with Crippen molar-refractivity contribution in [2.75, 3.05) is 72.4 Å². The van der Waals surface area contributed by atoms with Gasteiger partial charge in [-0.2, -0.15) is 0 Å². The van der Waals surface area contributed by atoms with Crippen molar-refractivity contribution < 1.29 is 42.5 Å². The molecule has 0 saturated heterocycles. The van der Waals surface area contributed by atoms with Crippen molar-refractivity contribution in [3.63, 3.8) is 0 Å². The molecule has 0 radical (unpaired) electrons. The first-order valence-electron chi connectivity index (χ1n) is 12.0. The lowest BCUT2D eigenvalue weighted by molar-refractivity contribution is -0.146. The van der Waals surface area contributed by atoms with E-state index in [1.54, 1.807) is 13.8 Å². The summed E-state index contributed by atoms with van der Waals surface area (Å²) in [5, 5.41) is 0. The molecule has 0 atom stereocenters. The number of hydrogen-bond acceptors (Lipinski definition) is 10. The second-order valence-electron chi connectivity index (χ2n) is 7.46. The zero-order valence-electron chi connectivity index (χ0n) is 20.9. The van der Waals surface area contributed by atoms with Crippen molar-refractivity contribution in [2.45, 2.75) is 52.9 Å². The number of nitrogens with zero attached hydrogens (tertiary/aromatic N) is 2. The molecule has 0 heterocycles. The Morgan fingerprint density at radius 2 is 0.912 bits per heavy atom. The average Bonchev–Trinajstić information content (AvgIpc) is 2.81. The van der Waals surface area contributed by atoms with E-state index in [-0.39, 0.29) is 57.2 Å². The third-order valence-electron chi connectivity index (χ3n) is 4.74. The standard InChI is InChI=1S/C23H41FN2O8/c1-4-7-22(29)33-18-14-25(12-16-31-20(27)5-2)10-11-26(13-17-32-21(28)6-3)15-19-34-23(30)8-9-24/h4-19H2,1-3H3. The molecule has 0 aliphatic heterocycles. The van der Waals surface area contributed by atoms with Crippen LogP contribution in [0.25, 0.3) is 0 Å². The Morgan fingerprint density at radius 1 is 0.559 bits per heavy atom. The van der Waals surface area contributed by atoms with Gasteiger partial charge in [-0.1, -0.05) is 20.8 Å². The first-order valence-corrected chi connectivity index (χ1v) is 12.0. The molecule has 0 N–H and O–H groups in total. The van der Waals surface area contributed by atoms with Crippen LogP contribution in [-0.2, 0) is 38.1 Å². The van der Waals surface area contributed by atoms with Crippen LogP contribution >= 0.6 is 0 Å². The molecule has 0 aromatic heterocycles. The summed E-state index contributed by atoms with van der Waals surface area (Å²) in [6.07, 6.45) is 1.36. The van der Waals surface area contributed by atoms with Gasteiger partial charge in [-0.25, -0.2) is 0 Å². The molecule has 0 rings (SSSR count). The molecule has 0 aliphatic carbocycles. The molecule has 0 aliphatic rings. The van der Waals surface area contributed by atoms with Crippen LogP contribution in [0, 0.1) is 0 Å². The smallest absolute Gasteiger partial charge is 0.308 e. The van der Waals surface area contributed by atoms with E-state index in [9.17, 15) is 23.6 Å². The van der Waals surface area contributed by atoms with Crippen molar-refractivity contribution in [3.8, 4) is 0 Å². The highest BCUT2D eigenvalue weighted by atomic mass is 19.1. The molecule has 11 heteroatoms. The molecule has 0 spiro atoms. The van der Waals surface area contributed by atoms with Crippen molar-refractivity contribution in [1.29, 1.82) is 0 Å². The Balaban J connectivity index is 4.81. The van der Waals surface area contributed by atoms with Crippen LogP contribution in [0.15, 0.2) is 0 Å². The number of alkyl halides is 1. The molecule has 0 unspecified atom stereocenters. The molecule has 0 saturated carbocycles. The molecule has 0 aromatic rings. The van der Waals surface area contributed by atoms with Gasteiger partial charge in [0.2, 0.25) is 0 Å². The average molecular weight is 493 g/mol. The number of ether oxygens (including phenoxy) is 4. The summed E-state index contributed by atoms with van der Waals surface area (Å²) in [6.45, 7) is 8.08. The summed E-state index contributed by atoms with van der Waals surface area (Å²) in [7, 11) is 0. The Hall–Kier alpha value is -2.27. The molecule has 0 bridgehead atoms. The van der Waals surface area contributed by atoms with Crippen LogP contribution < -0.4 is 0 Å². The predicted molar refractivity (Wildman–Crippen MR) is 123 cm³/mol. The Labute approximate surface area is 202 Å². The topological polar surface area (TPSA) is 112 Å². The number of halogens is 1. The van der Waals surface area contributed by atoms with E-state index < -0.39 is 12.6 Å². The second kappa shape index (κ2) is 21.3. The largest absolute Gasteiger partial charge is 0.464 e. The number of hydrogen-bond donors (Lipinski definition) is 0. The van der Waals surface area contributed by atoms with Gasteiger partial charge < -0.3 is 18.9 Å². The van der Waals surface area contributed by atoms with Crippen LogP contribution in [0.2, 0.25) is 0 Å². The van der Waals surface area contributed by atoms with Crippen molar-refractivity contribution in [3.05, 3.63) is 0 Å². The molecular formula is C23H41FN2O8. The number of carbonyl (C=O) groups is 4. The van der Waals surface area contributed by atoms with E-state index in [1.807, 2.05) is 16.7 Å². The first-order chi connectivity index (χ1) is 16.4. The van der Waals surface area contributed by atoms with Crippen LogP contribution in [0.3, 0.4) is 0 Å². The summed E-state index contributed by atoms with van der Waals surface area (Å²) < 4.78 is 32.8. The maximum Gasteiger partial charge on any atom is 0.308 e. The lowest BCUT2D eigenvalue weighted by Crippen LogP contribution is -2.41. The molecule has 0 amide bonds. The highest BCUT2D eigenvalue weighted by Gasteiger charge is 2.13. The SMILES string of the molecule is CCCC(=O)OCCN(CCOC(=O)CC)CCN(CCOC(=O)CC)CCOC(=O)CCF. The normalized spacial score (nSPS) is 10.9. The lowest BCUT2D eigenvalue weighted by Gasteiger charge is -2.27. The third-order valence-corrected chi connectivity index (χ3v) is 4.74. The number of rotatable bonds is 21. The second-order valence-corrected chi connectivity index (χ2v) is 7.46. The van der Waals surface area contributed by atoms with E-state index in [0.717, 1.165) is 0 Å². The van der Waals surface area contributed by atoms with E-state index in [0.29, 0.717) is 58.5 Å². The molecule has 198 valence electrons. The highest BCUT2D eigenvalue weighted by molar-refractivity contribution is 5.70. The molecule has 10 nitrogen and oxygen atoms in total. The van der Waals surface area contributed by atoms with Crippen molar-refractivity contribution >= 4 is 23.9 Å². The fraction of sp³-hybridized carbons (Fsp3) is 0.826. The van der Waals surface area contributed by atoms with Crippen LogP contribution in [0.5, 0.6) is 0 Å².